The molecule has 2 aliphatic rings. The molecule has 6 amide bonds. The second kappa shape index (κ2) is 24.2. The summed E-state index contributed by atoms with van der Waals surface area (Å²) in [5.41, 5.74) is 13.7. The molecule has 24 heteroatoms. The fourth-order valence-electron chi connectivity index (χ4n) is 7.66. The zero-order chi connectivity index (χ0) is 47.9. The lowest BCUT2D eigenvalue weighted by molar-refractivity contribution is -0.411. The maximum Gasteiger partial charge on any atom is 0.365 e. The summed E-state index contributed by atoms with van der Waals surface area (Å²) in [5.74, 6) is -5.12. The first-order valence-corrected chi connectivity index (χ1v) is 21.0. The highest BCUT2D eigenvalue weighted by molar-refractivity contribution is 6.35. The van der Waals surface area contributed by atoms with E-state index in [4.69, 9.17) is 5.73 Å². The van der Waals surface area contributed by atoms with Crippen LogP contribution in [0.15, 0.2) is 0 Å². The number of likely N-dealkylation sites (N-methyl/N-ethyl adjacent to an activating group) is 1. The number of amides is 6. The Kier molecular flexibility index (Phi) is 19.8. The average Bonchev–Trinajstić information content (AvgIpc) is 3.99. The van der Waals surface area contributed by atoms with E-state index in [0.29, 0.717) is 34.8 Å². The highest BCUT2D eigenvalue weighted by Crippen LogP contribution is 2.33. The Bertz CT molecular complexity index is 2020. The molecular formula is C40H63F2N14O8+. The standard InChI is InChI=1S/C20H32FN7O4.C20H30FN7O4/c1-12-23-16(20(2,19(22)31)27(3)4)15(21)17(24-12)25-26-18(30)14(10-28(32)11-29)9-13-7-5-6-8-13;1-12(19(30)22-3)27(4)18-16(21)17(23-13(2)24-18)25-26-20(31)15(10-28(32)11-29)9-14-7-5-6-8-14/h11,13-14,32H,5-10H2,1-4H3,(H2,22,31)(H,26,30)(H,23,24,25);11,14-15,22,30,32H,5-10H2,1-4H3/p+1/t14-,20+;15-/m11/s1. The van der Waals surface area contributed by atoms with E-state index in [2.05, 4.69) is 47.0 Å². The monoisotopic (exact) mass is 905 g/mol. The number of carbonyl (C=O) groups is 6. The van der Waals surface area contributed by atoms with Crippen LogP contribution in [0.3, 0.4) is 0 Å². The predicted molar refractivity (Wildman–Crippen MR) is 227 cm³/mol. The Balaban J connectivity index is 0.000000340. The summed E-state index contributed by atoms with van der Waals surface area (Å²) >= 11 is 0. The highest BCUT2D eigenvalue weighted by Gasteiger charge is 2.41. The number of hydrazine groups is 2. The average molecular weight is 906 g/mol. The molecule has 0 bridgehead atoms. The van der Waals surface area contributed by atoms with Crippen LogP contribution in [-0.4, -0.2) is 133 Å². The number of hydrogen-bond donors (Lipinski definition) is 8. The fourth-order valence-corrected chi connectivity index (χ4v) is 7.66. The maximum atomic E-state index is 15.2. The van der Waals surface area contributed by atoms with Crippen molar-refractivity contribution in [2.24, 2.45) is 29.4 Å². The molecular weight excluding hydrogens is 843 g/mol. The topological polar surface area (TPSA) is 293 Å². The van der Waals surface area contributed by atoms with Crippen LogP contribution in [0.4, 0.5) is 26.2 Å². The number of rotatable bonds is 21. The molecule has 0 saturated heterocycles. The number of halogens is 2. The Labute approximate surface area is 370 Å². The first kappa shape index (κ1) is 52.3. The molecule has 0 radical (unpaired) electrons. The van der Waals surface area contributed by atoms with E-state index in [1.54, 1.807) is 21.0 Å². The van der Waals surface area contributed by atoms with Crippen molar-refractivity contribution in [3.05, 3.63) is 29.0 Å². The van der Waals surface area contributed by atoms with Crippen molar-refractivity contribution < 1.29 is 52.5 Å². The number of primary amides is 1. The van der Waals surface area contributed by atoms with Crippen LogP contribution in [0.2, 0.25) is 0 Å². The second-order valence-corrected chi connectivity index (χ2v) is 16.4. The van der Waals surface area contributed by atoms with Crippen molar-refractivity contribution in [2.75, 3.05) is 52.1 Å². The summed E-state index contributed by atoms with van der Waals surface area (Å²) in [6, 6.07) is 0. The van der Waals surface area contributed by atoms with Gasteiger partial charge in [-0.05, 0) is 57.6 Å². The lowest BCUT2D eigenvalue weighted by Crippen LogP contribution is -2.51. The van der Waals surface area contributed by atoms with Gasteiger partial charge in [-0.1, -0.05) is 51.4 Å². The molecule has 354 valence electrons. The summed E-state index contributed by atoms with van der Waals surface area (Å²) in [6.07, 6.45) is 9.69. The number of carbonyl (C=O) groups excluding carboxylic acids is 6. The van der Waals surface area contributed by atoms with E-state index in [-0.39, 0.29) is 66.4 Å². The van der Waals surface area contributed by atoms with Gasteiger partial charge in [-0.25, -0.2) is 29.1 Å². The number of hydrogen-bond acceptors (Lipinski definition) is 15. The van der Waals surface area contributed by atoms with Gasteiger partial charge in [0, 0.05) is 20.9 Å². The fraction of sp³-hybridized carbons (Fsp3) is 0.625. The number of aromatic nitrogens is 4. The number of anilines is 2. The van der Waals surface area contributed by atoms with Gasteiger partial charge in [0.2, 0.25) is 36.4 Å². The Morgan fingerprint density at radius 2 is 1.23 bits per heavy atom. The van der Waals surface area contributed by atoms with Gasteiger partial charge in [0.25, 0.3) is 11.7 Å². The molecule has 2 saturated carbocycles. The molecule has 64 heavy (non-hydrogen) atoms. The second-order valence-electron chi connectivity index (χ2n) is 16.4. The van der Waals surface area contributed by atoms with Crippen molar-refractivity contribution in [3.63, 3.8) is 0 Å². The smallest absolute Gasteiger partial charge is 0.365 e. The molecule has 9 N–H and O–H groups in total. The molecule has 0 aromatic carbocycles. The van der Waals surface area contributed by atoms with Crippen LogP contribution in [0, 0.1) is 49.2 Å². The number of nitrogens with one attached hydrogen (secondary N) is 5. The Morgan fingerprint density at radius 3 is 1.62 bits per heavy atom. The van der Waals surface area contributed by atoms with E-state index in [1.165, 1.54) is 44.3 Å². The lowest BCUT2D eigenvalue weighted by atomic mass is 9.92. The van der Waals surface area contributed by atoms with Crippen LogP contribution < -0.4 is 32.8 Å². The van der Waals surface area contributed by atoms with Crippen molar-refractivity contribution in [1.29, 1.82) is 0 Å². The Hall–Kier alpha value is -6.01. The van der Waals surface area contributed by atoms with Crippen molar-refractivity contribution >= 4 is 59.6 Å². The van der Waals surface area contributed by atoms with Gasteiger partial charge in [-0.15, -0.1) is 0 Å². The summed E-state index contributed by atoms with van der Waals surface area (Å²) in [7, 11) is 6.09. The van der Waals surface area contributed by atoms with Crippen molar-refractivity contribution in [2.45, 2.75) is 97.4 Å². The van der Waals surface area contributed by atoms with Gasteiger partial charge < -0.3 is 11.1 Å². The molecule has 4 rings (SSSR count). The van der Waals surface area contributed by atoms with Gasteiger partial charge >= 0.3 is 5.82 Å². The SMILES string of the molecule is CNC(=O)C(C)=[N+](C)c1nc(C)nc(NNC(=O)[C@H](CC2CCCC2)CN(O)C=O)c1F.Cc1nc(NNC(=O)[C@H](CC2CCCC2)CN(O)C=O)c(F)c([C@@](C)(C(N)=O)N(C)C)n1. The highest BCUT2D eigenvalue weighted by atomic mass is 19.1. The third kappa shape index (κ3) is 14.0. The zero-order valence-corrected chi connectivity index (χ0v) is 37.7. The van der Waals surface area contributed by atoms with Gasteiger partial charge in [-0.2, -0.15) is 9.37 Å². The summed E-state index contributed by atoms with van der Waals surface area (Å²) in [6.45, 7) is 5.66. The van der Waals surface area contributed by atoms with E-state index in [9.17, 15) is 39.2 Å². The minimum absolute atomic E-state index is 0.139. The number of nitrogens with zero attached hydrogens (tertiary/aromatic N) is 8. The van der Waals surface area contributed by atoms with E-state index in [0.717, 1.165) is 51.4 Å². The van der Waals surface area contributed by atoms with E-state index < -0.39 is 52.6 Å². The normalized spacial score (nSPS) is 16.3. The largest absolute Gasteiger partial charge is 0.368 e. The number of hydroxylamine groups is 4. The molecule has 22 nitrogen and oxygen atoms in total. The molecule has 2 aliphatic carbocycles. The van der Waals surface area contributed by atoms with Crippen molar-refractivity contribution in [1.82, 2.24) is 51.1 Å². The molecule has 2 heterocycles. The molecule has 3 atom stereocenters. The summed E-state index contributed by atoms with van der Waals surface area (Å²) in [4.78, 5) is 88.7. The molecule has 2 aromatic rings. The molecule has 2 aromatic heterocycles. The maximum absolute atomic E-state index is 15.2. The minimum Gasteiger partial charge on any atom is -0.368 e. The molecule has 0 aliphatic heterocycles. The quantitative estimate of drug-likeness (QED) is 0.0290. The van der Waals surface area contributed by atoms with Gasteiger partial charge in [0.1, 0.15) is 17.1 Å². The van der Waals surface area contributed by atoms with Crippen LogP contribution in [0.1, 0.15) is 95.4 Å². The first-order chi connectivity index (χ1) is 30.2. The number of aryl methyl sites for hydroxylation is 2. The van der Waals surface area contributed by atoms with Crippen LogP contribution >= 0.6 is 0 Å². The summed E-state index contributed by atoms with van der Waals surface area (Å²) in [5, 5.41) is 22.5. The van der Waals surface area contributed by atoms with E-state index >= 15 is 8.78 Å². The van der Waals surface area contributed by atoms with Gasteiger partial charge in [0.05, 0.1) is 32.0 Å². The lowest BCUT2D eigenvalue weighted by Gasteiger charge is -2.33. The van der Waals surface area contributed by atoms with Crippen LogP contribution in [-0.2, 0) is 34.3 Å². The zero-order valence-electron chi connectivity index (χ0n) is 37.7. The van der Waals surface area contributed by atoms with Crippen LogP contribution in [0.5, 0.6) is 0 Å². The minimum atomic E-state index is -1.55. The van der Waals surface area contributed by atoms with Gasteiger partial charge in [-0.3, -0.25) is 65.8 Å². The molecule has 0 spiro atoms. The third-order valence-corrected chi connectivity index (χ3v) is 11.7. The van der Waals surface area contributed by atoms with Crippen LogP contribution in [0.25, 0.3) is 0 Å². The first-order valence-electron chi connectivity index (χ1n) is 21.0. The predicted octanol–water partition coefficient (Wildman–Crippen LogP) is 1.57. The van der Waals surface area contributed by atoms with E-state index in [1.807, 2.05) is 0 Å². The van der Waals surface area contributed by atoms with Gasteiger partial charge in [0.15, 0.2) is 23.2 Å². The Morgan fingerprint density at radius 1 is 0.812 bits per heavy atom. The summed E-state index contributed by atoms with van der Waals surface area (Å²) < 4.78 is 31.6. The third-order valence-electron chi connectivity index (χ3n) is 11.7. The molecule has 0 unspecified atom stereocenters. The molecule has 2 fully saturated rings. The van der Waals surface area contributed by atoms with Crippen molar-refractivity contribution in [3.8, 4) is 0 Å². The number of nitrogens with two attached hydrogens (primary N) is 1.